The number of carbonyl (C=O) groups excluding carboxylic acids is 2. The van der Waals surface area contributed by atoms with E-state index in [0.717, 1.165) is 29.0 Å². The van der Waals surface area contributed by atoms with Crippen LogP contribution in [0.5, 0.6) is 0 Å². The summed E-state index contributed by atoms with van der Waals surface area (Å²) in [7, 11) is 0. The van der Waals surface area contributed by atoms with Crippen LogP contribution in [0.25, 0.3) is 0 Å². The Morgan fingerprint density at radius 2 is 1.60 bits per heavy atom. The Kier molecular flexibility index (Phi) is 6.44. The van der Waals surface area contributed by atoms with E-state index in [1.165, 1.54) is 0 Å². The van der Waals surface area contributed by atoms with Gasteiger partial charge in [0.2, 0.25) is 5.91 Å². The van der Waals surface area contributed by atoms with Crippen LogP contribution in [0.15, 0.2) is 78.2 Å². The monoisotopic (exact) mass is 419 g/mol. The Bertz CT molecular complexity index is 957. The maximum atomic E-state index is 13.3. The molecule has 1 aliphatic carbocycles. The minimum atomic E-state index is -0.215. The lowest BCUT2D eigenvalue weighted by Gasteiger charge is -2.28. The zero-order valence-corrected chi connectivity index (χ0v) is 17.6. The Labute approximate surface area is 180 Å². The zero-order chi connectivity index (χ0) is 20.8. The van der Waals surface area contributed by atoms with E-state index in [1.807, 2.05) is 83.1 Å². The van der Waals surface area contributed by atoms with Crippen molar-refractivity contribution in [2.75, 3.05) is 11.9 Å². The SMILES string of the molecule is O=C(CN(C(=O)Nc1ccccc1)C1CC1)N(Cc1ccccc1)Cc1cccs1. The van der Waals surface area contributed by atoms with Crippen molar-refractivity contribution in [3.05, 3.63) is 88.6 Å². The molecule has 6 heteroatoms. The number of rotatable bonds is 8. The van der Waals surface area contributed by atoms with Gasteiger partial charge in [-0.2, -0.15) is 0 Å². The molecule has 0 spiro atoms. The molecule has 4 rings (SSSR count). The fraction of sp³-hybridized carbons (Fsp3) is 0.250. The standard InChI is InChI=1S/C24H25N3O2S/c28-23(18-27(21-13-14-21)24(29)25-20-10-5-2-6-11-20)26(17-22-12-7-15-30-22)16-19-8-3-1-4-9-19/h1-12,15,21H,13-14,16-18H2,(H,25,29). The van der Waals surface area contributed by atoms with Crippen molar-refractivity contribution < 1.29 is 9.59 Å². The van der Waals surface area contributed by atoms with Gasteiger partial charge in [0.05, 0.1) is 6.54 Å². The third-order valence-electron chi connectivity index (χ3n) is 5.07. The van der Waals surface area contributed by atoms with Gasteiger partial charge in [-0.25, -0.2) is 4.79 Å². The van der Waals surface area contributed by atoms with Crippen molar-refractivity contribution in [3.8, 4) is 0 Å². The number of amides is 3. The second kappa shape index (κ2) is 9.59. The van der Waals surface area contributed by atoms with Crippen LogP contribution in [0.3, 0.4) is 0 Å². The van der Waals surface area contributed by atoms with Crippen molar-refractivity contribution in [2.24, 2.45) is 0 Å². The van der Waals surface area contributed by atoms with Gasteiger partial charge in [-0.15, -0.1) is 11.3 Å². The number of para-hydroxylation sites is 1. The van der Waals surface area contributed by atoms with E-state index in [0.29, 0.717) is 13.1 Å². The number of hydrogen-bond acceptors (Lipinski definition) is 3. The van der Waals surface area contributed by atoms with Gasteiger partial charge in [-0.05, 0) is 42.0 Å². The molecule has 1 saturated carbocycles. The van der Waals surface area contributed by atoms with Crippen molar-refractivity contribution in [2.45, 2.75) is 32.0 Å². The summed E-state index contributed by atoms with van der Waals surface area (Å²) in [4.78, 5) is 30.8. The van der Waals surface area contributed by atoms with E-state index in [-0.39, 0.29) is 24.5 Å². The van der Waals surface area contributed by atoms with Crippen LogP contribution in [0.2, 0.25) is 0 Å². The third kappa shape index (κ3) is 5.48. The largest absolute Gasteiger partial charge is 0.332 e. The highest BCUT2D eigenvalue weighted by Crippen LogP contribution is 2.28. The first-order chi connectivity index (χ1) is 14.7. The summed E-state index contributed by atoms with van der Waals surface area (Å²) in [6.07, 6.45) is 1.89. The van der Waals surface area contributed by atoms with Gasteiger partial charge in [0.1, 0.15) is 6.54 Å². The molecule has 0 atom stereocenters. The molecule has 0 bridgehead atoms. The Morgan fingerprint density at radius 1 is 0.900 bits per heavy atom. The summed E-state index contributed by atoms with van der Waals surface area (Å²) in [5, 5.41) is 4.94. The van der Waals surface area contributed by atoms with E-state index >= 15 is 0 Å². The topological polar surface area (TPSA) is 52.7 Å². The maximum absolute atomic E-state index is 13.3. The summed E-state index contributed by atoms with van der Waals surface area (Å²) < 4.78 is 0. The summed E-state index contributed by atoms with van der Waals surface area (Å²) in [6.45, 7) is 1.15. The lowest BCUT2D eigenvalue weighted by atomic mass is 10.2. The Hall–Kier alpha value is -3.12. The molecule has 1 heterocycles. The predicted molar refractivity (Wildman–Crippen MR) is 120 cm³/mol. The van der Waals surface area contributed by atoms with Crippen molar-refractivity contribution in [1.29, 1.82) is 0 Å². The molecule has 0 unspecified atom stereocenters. The van der Waals surface area contributed by atoms with Gasteiger partial charge in [-0.3, -0.25) is 4.79 Å². The second-order valence-electron chi connectivity index (χ2n) is 7.47. The molecule has 1 aromatic heterocycles. The molecule has 3 aromatic rings. The second-order valence-corrected chi connectivity index (χ2v) is 8.50. The Balaban J connectivity index is 1.47. The van der Waals surface area contributed by atoms with Crippen molar-refractivity contribution in [1.82, 2.24) is 9.80 Å². The Morgan fingerprint density at radius 3 is 2.23 bits per heavy atom. The van der Waals surface area contributed by atoms with Crippen molar-refractivity contribution in [3.63, 3.8) is 0 Å². The third-order valence-corrected chi connectivity index (χ3v) is 5.94. The minimum absolute atomic E-state index is 0.0395. The smallest absolute Gasteiger partial charge is 0.322 e. The number of anilines is 1. The van der Waals surface area contributed by atoms with Crippen LogP contribution < -0.4 is 5.32 Å². The highest BCUT2D eigenvalue weighted by molar-refractivity contribution is 7.09. The summed E-state index contributed by atoms with van der Waals surface area (Å²) in [5.41, 5.74) is 1.81. The predicted octanol–water partition coefficient (Wildman–Crippen LogP) is 4.97. The number of nitrogens with zero attached hydrogens (tertiary/aromatic N) is 2. The normalized spacial score (nSPS) is 12.9. The molecule has 0 saturated heterocycles. The fourth-order valence-electron chi connectivity index (χ4n) is 3.34. The van der Waals surface area contributed by atoms with Crippen LogP contribution in [0, 0.1) is 0 Å². The van der Waals surface area contributed by atoms with E-state index in [2.05, 4.69) is 5.32 Å². The molecule has 3 amide bonds. The first kappa shape index (κ1) is 20.2. The number of carbonyl (C=O) groups is 2. The molecule has 0 radical (unpaired) electrons. The van der Waals surface area contributed by atoms with Gasteiger partial charge >= 0.3 is 6.03 Å². The van der Waals surface area contributed by atoms with E-state index in [4.69, 9.17) is 0 Å². The molecule has 30 heavy (non-hydrogen) atoms. The highest BCUT2D eigenvalue weighted by Gasteiger charge is 2.35. The van der Waals surface area contributed by atoms with E-state index in [1.54, 1.807) is 16.2 Å². The highest BCUT2D eigenvalue weighted by atomic mass is 32.1. The average Bonchev–Trinajstić information content (AvgIpc) is 3.48. The number of thiophene rings is 1. The van der Waals surface area contributed by atoms with Crippen LogP contribution in [0.4, 0.5) is 10.5 Å². The van der Waals surface area contributed by atoms with Gasteiger partial charge in [0.15, 0.2) is 0 Å². The first-order valence-electron chi connectivity index (χ1n) is 10.2. The first-order valence-corrected chi connectivity index (χ1v) is 11.0. The molecule has 0 aliphatic heterocycles. The van der Waals surface area contributed by atoms with Gasteiger partial charge in [-0.1, -0.05) is 54.6 Å². The van der Waals surface area contributed by atoms with Gasteiger partial charge in [0, 0.05) is 23.2 Å². The molecule has 1 N–H and O–H groups in total. The molecular weight excluding hydrogens is 394 g/mol. The molecule has 2 aromatic carbocycles. The van der Waals surface area contributed by atoms with E-state index < -0.39 is 0 Å². The van der Waals surface area contributed by atoms with Crippen molar-refractivity contribution >= 4 is 29.0 Å². The zero-order valence-electron chi connectivity index (χ0n) is 16.7. The fourth-order valence-corrected chi connectivity index (χ4v) is 4.06. The quantitative estimate of drug-likeness (QED) is 0.560. The van der Waals surface area contributed by atoms with Crippen LogP contribution in [-0.2, 0) is 17.9 Å². The number of urea groups is 1. The molecular formula is C24H25N3O2S. The molecule has 5 nitrogen and oxygen atoms in total. The van der Waals surface area contributed by atoms with Gasteiger partial charge < -0.3 is 15.1 Å². The lowest BCUT2D eigenvalue weighted by Crippen LogP contribution is -2.45. The van der Waals surface area contributed by atoms with Gasteiger partial charge in [0.25, 0.3) is 0 Å². The molecule has 1 fully saturated rings. The number of hydrogen-bond donors (Lipinski definition) is 1. The minimum Gasteiger partial charge on any atom is -0.332 e. The van der Waals surface area contributed by atoms with E-state index in [9.17, 15) is 9.59 Å². The summed E-state index contributed by atoms with van der Waals surface area (Å²) in [6, 6.07) is 23.3. The average molecular weight is 420 g/mol. The lowest BCUT2D eigenvalue weighted by molar-refractivity contribution is -0.133. The summed E-state index contributed by atoms with van der Waals surface area (Å²) in [5.74, 6) is -0.0395. The van der Waals surface area contributed by atoms with Crippen LogP contribution in [-0.4, -0.2) is 34.3 Å². The molecule has 154 valence electrons. The van der Waals surface area contributed by atoms with Crippen LogP contribution in [0.1, 0.15) is 23.3 Å². The molecule has 1 aliphatic rings. The number of nitrogens with one attached hydrogen (secondary N) is 1. The maximum Gasteiger partial charge on any atom is 0.322 e. The number of benzene rings is 2. The van der Waals surface area contributed by atoms with Crippen LogP contribution >= 0.6 is 11.3 Å². The summed E-state index contributed by atoms with van der Waals surface area (Å²) >= 11 is 1.64.